The van der Waals surface area contributed by atoms with Gasteiger partial charge in [0.1, 0.15) is 23.7 Å². The number of benzene rings is 3. The molecular weight excluding hydrogens is 710 g/mol. The van der Waals surface area contributed by atoms with Crippen LogP contribution < -0.4 is 29.2 Å². The average Bonchev–Trinajstić information content (AvgIpc) is 2.92. The van der Waals surface area contributed by atoms with Gasteiger partial charge in [-0.25, -0.2) is 9.69 Å². The van der Waals surface area contributed by atoms with Crippen molar-refractivity contribution in [1.29, 1.82) is 0 Å². The first kappa shape index (κ1) is 30.8. The summed E-state index contributed by atoms with van der Waals surface area (Å²) in [7, 11) is 2.75. The van der Waals surface area contributed by atoms with Crippen molar-refractivity contribution in [2.24, 2.45) is 0 Å². The molecule has 0 bridgehead atoms. The smallest absolute Gasteiger partial charge is 0.336 e. The highest BCUT2D eigenvalue weighted by molar-refractivity contribution is 14.1. The Balaban J connectivity index is 1.71. The van der Waals surface area contributed by atoms with Crippen LogP contribution in [0.4, 0.5) is 10.5 Å². The van der Waals surface area contributed by atoms with Crippen molar-refractivity contribution in [3.05, 3.63) is 77.8 Å². The van der Waals surface area contributed by atoms with E-state index in [4.69, 9.17) is 53.8 Å². The quantitative estimate of drug-likeness (QED) is 0.145. The van der Waals surface area contributed by atoms with Crippen LogP contribution >= 0.6 is 57.4 Å². The summed E-state index contributed by atoms with van der Waals surface area (Å²) >= 11 is 20.5. The first-order valence-electron chi connectivity index (χ1n) is 11.9. The second-order valence-corrected chi connectivity index (χ2v) is 10.8. The van der Waals surface area contributed by atoms with E-state index in [9.17, 15) is 14.4 Å². The second kappa shape index (κ2) is 13.2. The maximum atomic E-state index is 13.5. The number of nitrogens with one attached hydrogen (secondary N) is 1. The van der Waals surface area contributed by atoms with E-state index in [-0.39, 0.29) is 34.4 Å². The lowest BCUT2D eigenvalue weighted by molar-refractivity contribution is -0.122. The first-order chi connectivity index (χ1) is 19.6. The Kier molecular flexibility index (Phi) is 9.90. The van der Waals surface area contributed by atoms with Crippen molar-refractivity contribution >= 4 is 87.0 Å². The topological polar surface area (TPSA) is 103 Å². The van der Waals surface area contributed by atoms with E-state index in [1.165, 1.54) is 32.4 Å². The zero-order chi connectivity index (χ0) is 29.8. The molecule has 3 aromatic carbocycles. The van der Waals surface area contributed by atoms with Gasteiger partial charge in [-0.05, 0) is 65.4 Å². The Morgan fingerprint density at radius 3 is 2.29 bits per heavy atom. The molecule has 41 heavy (non-hydrogen) atoms. The lowest BCUT2D eigenvalue weighted by Crippen LogP contribution is -2.54. The molecule has 4 amide bonds. The fraction of sp³-hybridized carbons (Fsp3) is 0.179. The third kappa shape index (κ3) is 6.66. The SMILES string of the molecule is CCOc1cc(/C=C2\C(=O)NC(=O)N(c3cc(OC)c(Cl)cc3OC)C2=O)cc(I)c1OCc1ccc(Cl)cc1Cl. The summed E-state index contributed by atoms with van der Waals surface area (Å²) in [5, 5.41) is 3.38. The van der Waals surface area contributed by atoms with E-state index in [0.29, 0.717) is 37.3 Å². The molecule has 4 rings (SSSR count). The summed E-state index contributed by atoms with van der Waals surface area (Å²) < 4.78 is 23.1. The number of halogens is 4. The molecule has 0 aromatic heterocycles. The molecular formula is C28H22Cl3IN2O7. The second-order valence-electron chi connectivity index (χ2n) is 8.40. The lowest BCUT2D eigenvalue weighted by atomic mass is 10.1. The number of amides is 4. The Hall–Kier alpha value is -3.19. The van der Waals surface area contributed by atoms with Crippen LogP contribution in [0.15, 0.2) is 48.0 Å². The van der Waals surface area contributed by atoms with Gasteiger partial charge in [-0.1, -0.05) is 40.9 Å². The highest BCUT2D eigenvalue weighted by Crippen LogP contribution is 2.40. The Morgan fingerprint density at radius 1 is 0.902 bits per heavy atom. The van der Waals surface area contributed by atoms with Gasteiger partial charge in [0.2, 0.25) is 0 Å². The van der Waals surface area contributed by atoms with Crippen molar-refractivity contribution in [2.75, 3.05) is 25.7 Å². The van der Waals surface area contributed by atoms with Gasteiger partial charge in [0.05, 0.1) is 35.1 Å². The number of urea groups is 1. The van der Waals surface area contributed by atoms with Crippen LogP contribution in [0.3, 0.4) is 0 Å². The fourth-order valence-corrected chi connectivity index (χ4v) is 5.40. The number of hydrogen-bond donors (Lipinski definition) is 1. The van der Waals surface area contributed by atoms with Gasteiger partial charge in [0.25, 0.3) is 11.8 Å². The molecule has 1 saturated heterocycles. The summed E-state index contributed by atoms with van der Waals surface area (Å²) in [5.41, 5.74) is 0.941. The van der Waals surface area contributed by atoms with Crippen LogP contribution in [0, 0.1) is 3.57 Å². The number of carbonyl (C=O) groups is 3. The molecule has 1 aliphatic heterocycles. The lowest BCUT2D eigenvalue weighted by Gasteiger charge is -2.28. The minimum atomic E-state index is -0.950. The van der Waals surface area contributed by atoms with E-state index in [0.717, 1.165) is 10.5 Å². The van der Waals surface area contributed by atoms with Crippen LogP contribution in [-0.2, 0) is 16.2 Å². The van der Waals surface area contributed by atoms with Crippen LogP contribution in [0.5, 0.6) is 23.0 Å². The third-order valence-electron chi connectivity index (χ3n) is 5.83. The van der Waals surface area contributed by atoms with Gasteiger partial charge in [0, 0.05) is 27.7 Å². The highest BCUT2D eigenvalue weighted by Gasteiger charge is 2.38. The zero-order valence-electron chi connectivity index (χ0n) is 21.8. The monoisotopic (exact) mass is 730 g/mol. The summed E-state index contributed by atoms with van der Waals surface area (Å²) in [6.45, 7) is 2.29. The maximum absolute atomic E-state index is 13.5. The number of methoxy groups -OCH3 is 2. The standard InChI is InChI=1S/C28H22Cl3IN2O7/c1-4-40-24-9-14(8-20(32)25(24)41-13-15-5-6-16(29)10-18(15)30)7-17-26(35)33-28(37)34(27(17)36)21-12-22(38-2)19(31)11-23(21)39-3/h5-12H,4,13H2,1-3H3,(H,33,35,37)/b17-7+. The molecule has 0 atom stereocenters. The highest BCUT2D eigenvalue weighted by atomic mass is 127. The molecule has 9 nitrogen and oxygen atoms in total. The Morgan fingerprint density at radius 2 is 1.63 bits per heavy atom. The first-order valence-corrected chi connectivity index (χ1v) is 14.1. The van der Waals surface area contributed by atoms with Gasteiger partial charge in [-0.15, -0.1) is 0 Å². The molecule has 0 radical (unpaired) electrons. The van der Waals surface area contributed by atoms with Gasteiger partial charge >= 0.3 is 6.03 Å². The van der Waals surface area contributed by atoms with Crippen molar-refractivity contribution in [3.8, 4) is 23.0 Å². The van der Waals surface area contributed by atoms with E-state index < -0.39 is 17.8 Å². The van der Waals surface area contributed by atoms with E-state index in [1.807, 2.05) is 6.92 Å². The predicted molar refractivity (Wildman–Crippen MR) is 165 cm³/mol. The summed E-state index contributed by atoms with van der Waals surface area (Å²) in [5.74, 6) is -0.554. The average molecular weight is 732 g/mol. The molecule has 0 aliphatic carbocycles. The molecule has 1 N–H and O–H groups in total. The van der Waals surface area contributed by atoms with Gasteiger partial charge < -0.3 is 18.9 Å². The number of imide groups is 2. The summed E-state index contributed by atoms with van der Waals surface area (Å²) in [6, 6.07) is 10.3. The number of anilines is 1. The molecule has 3 aromatic rings. The van der Waals surface area contributed by atoms with E-state index in [1.54, 1.807) is 30.3 Å². The van der Waals surface area contributed by atoms with E-state index >= 15 is 0 Å². The van der Waals surface area contributed by atoms with Gasteiger partial charge in [-0.2, -0.15) is 0 Å². The van der Waals surface area contributed by atoms with Crippen LogP contribution in [0.2, 0.25) is 15.1 Å². The Bertz CT molecular complexity index is 1580. The van der Waals surface area contributed by atoms with Crippen molar-refractivity contribution in [2.45, 2.75) is 13.5 Å². The molecule has 214 valence electrons. The maximum Gasteiger partial charge on any atom is 0.336 e. The third-order valence-corrected chi connectivity index (χ3v) is 7.51. The molecule has 1 heterocycles. The number of rotatable bonds is 9. The summed E-state index contributed by atoms with van der Waals surface area (Å²) in [4.78, 5) is 39.9. The van der Waals surface area contributed by atoms with Gasteiger partial charge in [0.15, 0.2) is 11.5 Å². The molecule has 0 spiro atoms. The van der Waals surface area contributed by atoms with Crippen molar-refractivity contribution in [1.82, 2.24) is 5.32 Å². The largest absolute Gasteiger partial charge is 0.495 e. The van der Waals surface area contributed by atoms with Crippen molar-refractivity contribution in [3.63, 3.8) is 0 Å². The van der Waals surface area contributed by atoms with Crippen LogP contribution in [-0.4, -0.2) is 38.7 Å². The van der Waals surface area contributed by atoms with E-state index in [2.05, 4.69) is 27.9 Å². The molecule has 1 fully saturated rings. The molecule has 0 saturated carbocycles. The molecule has 1 aliphatic rings. The summed E-state index contributed by atoms with van der Waals surface area (Å²) in [6.07, 6.45) is 1.36. The zero-order valence-corrected chi connectivity index (χ0v) is 26.3. The number of hydrogen-bond acceptors (Lipinski definition) is 7. The predicted octanol–water partition coefficient (Wildman–Crippen LogP) is 6.91. The minimum absolute atomic E-state index is 0.0452. The van der Waals surface area contributed by atoms with Gasteiger partial charge in [-0.3, -0.25) is 14.9 Å². The number of barbiturate groups is 1. The van der Waals surface area contributed by atoms with Crippen LogP contribution in [0.1, 0.15) is 18.1 Å². The fourth-order valence-electron chi connectivity index (χ4n) is 3.92. The molecule has 13 heteroatoms. The number of nitrogens with zero attached hydrogens (tertiary/aromatic N) is 1. The Labute approximate surface area is 264 Å². The minimum Gasteiger partial charge on any atom is -0.495 e. The van der Waals surface area contributed by atoms with Crippen molar-refractivity contribution < 1.29 is 33.3 Å². The molecule has 0 unspecified atom stereocenters. The number of carbonyl (C=O) groups excluding carboxylic acids is 3. The van der Waals surface area contributed by atoms with Crippen LogP contribution in [0.25, 0.3) is 6.08 Å². The normalized spacial score (nSPS) is 14.3. The number of ether oxygens (including phenoxy) is 4.